The number of para-hydroxylation sites is 1. The molecule has 120 valence electrons. The monoisotopic (exact) mass is 312 g/mol. The number of carbonyl (C=O) groups excluding carboxylic acids is 1. The van der Waals surface area contributed by atoms with Crippen LogP contribution in [0.15, 0.2) is 36.7 Å². The number of amides is 1. The van der Waals surface area contributed by atoms with E-state index in [9.17, 15) is 4.79 Å². The second kappa shape index (κ2) is 7.19. The first-order chi connectivity index (χ1) is 11.3. The third-order valence-electron chi connectivity index (χ3n) is 3.97. The number of ether oxygens (including phenoxy) is 1. The molecule has 0 saturated carbocycles. The first-order valence-electron chi connectivity index (χ1n) is 7.75. The number of nitrogens with zero attached hydrogens (tertiary/aromatic N) is 2. The van der Waals surface area contributed by atoms with Crippen LogP contribution in [0.1, 0.15) is 12.8 Å². The molecule has 1 atom stereocenters. The van der Waals surface area contributed by atoms with Gasteiger partial charge in [0.25, 0.3) is 0 Å². The number of anilines is 1. The standard InChI is InChI=1S/C17H20N4O2/c1-23-15-7-3-2-6-13(15)14-9-16(20-11-19-14)21-17(22)12-5-4-8-18-10-12/h2-3,6-7,9,11-12,18H,4-5,8,10H2,1H3,(H,19,20,21,22)/t12-/m0/s1. The molecule has 1 amide bonds. The molecule has 6 nitrogen and oxygen atoms in total. The summed E-state index contributed by atoms with van der Waals surface area (Å²) in [5.74, 6) is 1.24. The van der Waals surface area contributed by atoms with Gasteiger partial charge in [-0.25, -0.2) is 9.97 Å². The normalized spacial score (nSPS) is 17.5. The fourth-order valence-electron chi connectivity index (χ4n) is 2.73. The summed E-state index contributed by atoms with van der Waals surface area (Å²) < 4.78 is 5.36. The largest absolute Gasteiger partial charge is 0.496 e. The van der Waals surface area contributed by atoms with Crippen molar-refractivity contribution >= 4 is 11.7 Å². The van der Waals surface area contributed by atoms with Gasteiger partial charge in [-0.2, -0.15) is 0 Å². The summed E-state index contributed by atoms with van der Waals surface area (Å²) in [7, 11) is 1.62. The van der Waals surface area contributed by atoms with E-state index in [0.29, 0.717) is 5.82 Å². The quantitative estimate of drug-likeness (QED) is 0.904. The summed E-state index contributed by atoms with van der Waals surface area (Å²) in [6.45, 7) is 1.70. The van der Waals surface area contributed by atoms with E-state index in [1.165, 1.54) is 6.33 Å². The lowest BCUT2D eigenvalue weighted by atomic mass is 9.99. The summed E-state index contributed by atoms with van der Waals surface area (Å²) in [6.07, 6.45) is 3.38. The number of nitrogens with one attached hydrogen (secondary N) is 2. The smallest absolute Gasteiger partial charge is 0.229 e. The fourth-order valence-corrected chi connectivity index (χ4v) is 2.73. The first-order valence-corrected chi connectivity index (χ1v) is 7.75. The predicted octanol–water partition coefficient (Wildman–Crippen LogP) is 2.09. The molecule has 1 aliphatic rings. The predicted molar refractivity (Wildman–Crippen MR) is 88.2 cm³/mol. The van der Waals surface area contributed by atoms with Gasteiger partial charge in [-0.1, -0.05) is 12.1 Å². The van der Waals surface area contributed by atoms with Gasteiger partial charge in [-0.3, -0.25) is 4.79 Å². The van der Waals surface area contributed by atoms with Gasteiger partial charge in [-0.05, 0) is 31.5 Å². The van der Waals surface area contributed by atoms with Crippen LogP contribution in [0.5, 0.6) is 5.75 Å². The molecule has 0 spiro atoms. The van der Waals surface area contributed by atoms with Crippen molar-refractivity contribution in [3.8, 4) is 17.0 Å². The molecule has 6 heteroatoms. The van der Waals surface area contributed by atoms with Crippen LogP contribution >= 0.6 is 0 Å². The molecule has 3 rings (SSSR count). The number of aromatic nitrogens is 2. The van der Waals surface area contributed by atoms with Gasteiger partial charge < -0.3 is 15.4 Å². The zero-order valence-corrected chi connectivity index (χ0v) is 13.1. The molecule has 2 aromatic rings. The Kier molecular flexibility index (Phi) is 4.83. The summed E-state index contributed by atoms with van der Waals surface area (Å²) in [6, 6.07) is 9.40. The zero-order valence-electron chi connectivity index (χ0n) is 13.1. The number of hydrogen-bond donors (Lipinski definition) is 2. The molecular weight excluding hydrogens is 292 g/mol. The van der Waals surface area contributed by atoms with Crippen molar-refractivity contribution in [1.82, 2.24) is 15.3 Å². The molecule has 0 unspecified atom stereocenters. The summed E-state index contributed by atoms with van der Waals surface area (Å²) in [5.41, 5.74) is 1.58. The van der Waals surface area contributed by atoms with Crippen molar-refractivity contribution in [2.75, 3.05) is 25.5 Å². The van der Waals surface area contributed by atoms with Gasteiger partial charge in [0.2, 0.25) is 5.91 Å². The maximum atomic E-state index is 12.3. The zero-order chi connectivity index (χ0) is 16.1. The van der Waals surface area contributed by atoms with Crippen LogP contribution in [-0.2, 0) is 4.79 Å². The lowest BCUT2D eigenvalue weighted by molar-refractivity contribution is -0.120. The van der Waals surface area contributed by atoms with Crippen molar-refractivity contribution in [3.63, 3.8) is 0 Å². The molecular formula is C17H20N4O2. The average Bonchev–Trinajstić information content (AvgIpc) is 2.62. The molecule has 1 fully saturated rings. The van der Waals surface area contributed by atoms with Crippen LogP contribution in [0.4, 0.5) is 5.82 Å². The molecule has 0 bridgehead atoms. The lowest BCUT2D eigenvalue weighted by Gasteiger charge is -2.21. The maximum Gasteiger partial charge on any atom is 0.229 e. The van der Waals surface area contributed by atoms with Crippen molar-refractivity contribution < 1.29 is 9.53 Å². The highest BCUT2D eigenvalue weighted by atomic mass is 16.5. The third kappa shape index (κ3) is 3.65. The van der Waals surface area contributed by atoms with Crippen molar-refractivity contribution in [1.29, 1.82) is 0 Å². The number of piperidine rings is 1. The van der Waals surface area contributed by atoms with Gasteiger partial charge in [0.05, 0.1) is 18.7 Å². The number of methoxy groups -OCH3 is 1. The van der Waals surface area contributed by atoms with E-state index in [0.717, 1.165) is 42.9 Å². The van der Waals surface area contributed by atoms with E-state index in [2.05, 4.69) is 20.6 Å². The van der Waals surface area contributed by atoms with Gasteiger partial charge in [-0.15, -0.1) is 0 Å². The minimum Gasteiger partial charge on any atom is -0.496 e. The third-order valence-corrected chi connectivity index (χ3v) is 3.97. The Morgan fingerprint density at radius 3 is 3.00 bits per heavy atom. The van der Waals surface area contributed by atoms with Crippen LogP contribution in [0.2, 0.25) is 0 Å². The number of carbonyl (C=O) groups is 1. The molecule has 0 radical (unpaired) electrons. The number of benzene rings is 1. The van der Waals surface area contributed by atoms with E-state index in [-0.39, 0.29) is 11.8 Å². The Hall–Kier alpha value is -2.47. The molecule has 0 aliphatic carbocycles. The molecule has 23 heavy (non-hydrogen) atoms. The van der Waals surface area contributed by atoms with Gasteiger partial charge in [0.15, 0.2) is 0 Å². The van der Waals surface area contributed by atoms with Gasteiger partial charge in [0.1, 0.15) is 17.9 Å². The Labute approximate surface area is 135 Å². The summed E-state index contributed by atoms with van der Waals surface area (Å²) in [4.78, 5) is 20.7. The molecule has 2 heterocycles. The van der Waals surface area contributed by atoms with E-state index < -0.39 is 0 Å². The maximum absolute atomic E-state index is 12.3. The fraction of sp³-hybridized carbons (Fsp3) is 0.353. The summed E-state index contributed by atoms with van der Waals surface area (Å²) in [5, 5.41) is 6.13. The van der Waals surface area contributed by atoms with Gasteiger partial charge >= 0.3 is 0 Å². The van der Waals surface area contributed by atoms with Gasteiger partial charge in [0, 0.05) is 18.2 Å². The van der Waals surface area contributed by atoms with Crippen molar-refractivity contribution in [2.45, 2.75) is 12.8 Å². The highest BCUT2D eigenvalue weighted by molar-refractivity contribution is 5.92. The average molecular weight is 312 g/mol. The van der Waals surface area contributed by atoms with Crippen LogP contribution in [0.25, 0.3) is 11.3 Å². The molecule has 1 saturated heterocycles. The Balaban J connectivity index is 1.78. The summed E-state index contributed by atoms with van der Waals surface area (Å²) >= 11 is 0. The number of rotatable bonds is 4. The van der Waals surface area contributed by atoms with Crippen LogP contribution < -0.4 is 15.4 Å². The highest BCUT2D eigenvalue weighted by Crippen LogP contribution is 2.28. The SMILES string of the molecule is COc1ccccc1-c1cc(NC(=O)[C@H]2CCCNC2)ncn1. The van der Waals surface area contributed by atoms with E-state index in [1.807, 2.05) is 24.3 Å². The second-order valence-electron chi connectivity index (χ2n) is 5.52. The van der Waals surface area contributed by atoms with Crippen LogP contribution in [0.3, 0.4) is 0 Å². The van der Waals surface area contributed by atoms with E-state index in [4.69, 9.17) is 4.74 Å². The molecule has 2 N–H and O–H groups in total. The number of hydrogen-bond acceptors (Lipinski definition) is 5. The topological polar surface area (TPSA) is 76.1 Å². The second-order valence-corrected chi connectivity index (χ2v) is 5.52. The minimum atomic E-state index is -0.00609. The Morgan fingerprint density at radius 1 is 1.35 bits per heavy atom. The first kappa shape index (κ1) is 15.4. The van der Waals surface area contributed by atoms with Crippen molar-refractivity contribution in [3.05, 3.63) is 36.7 Å². The van der Waals surface area contributed by atoms with Crippen LogP contribution in [-0.4, -0.2) is 36.1 Å². The lowest BCUT2D eigenvalue weighted by Crippen LogP contribution is -2.37. The van der Waals surface area contributed by atoms with Crippen LogP contribution in [0, 0.1) is 5.92 Å². The highest BCUT2D eigenvalue weighted by Gasteiger charge is 2.21. The molecule has 1 aromatic heterocycles. The van der Waals surface area contributed by atoms with E-state index in [1.54, 1.807) is 13.2 Å². The Morgan fingerprint density at radius 2 is 2.22 bits per heavy atom. The Bertz CT molecular complexity index is 684. The van der Waals surface area contributed by atoms with E-state index >= 15 is 0 Å². The van der Waals surface area contributed by atoms with Crippen molar-refractivity contribution in [2.24, 2.45) is 5.92 Å². The molecule has 1 aliphatic heterocycles. The molecule has 1 aromatic carbocycles. The minimum absolute atomic E-state index is 0.00174.